The molecule has 1 unspecified atom stereocenters. The number of benzene rings is 1. The molecular weight excluding hydrogens is 226 g/mol. The molecule has 0 fully saturated rings. The second kappa shape index (κ2) is 4.82. The lowest BCUT2D eigenvalue weighted by atomic mass is 10.2. The van der Waals surface area contributed by atoms with Crippen molar-refractivity contribution in [2.75, 3.05) is 11.9 Å². The largest absolute Gasteiger partial charge is 0.381 e. The van der Waals surface area contributed by atoms with Gasteiger partial charge in [0.1, 0.15) is 0 Å². The summed E-state index contributed by atoms with van der Waals surface area (Å²) in [6.07, 6.45) is 0. The van der Waals surface area contributed by atoms with Gasteiger partial charge in [-0.25, -0.2) is 4.39 Å². The van der Waals surface area contributed by atoms with Crippen LogP contribution >= 0.6 is 23.2 Å². The zero-order valence-corrected chi connectivity index (χ0v) is 9.16. The normalized spacial score (nSPS) is 12.6. The summed E-state index contributed by atoms with van der Waals surface area (Å²) in [6.45, 7) is 2.39. The van der Waals surface area contributed by atoms with Crippen molar-refractivity contribution < 1.29 is 4.39 Å². The Morgan fingerprint density at radius 3 is 2.36 bits per heavy atom. The van der Waals surface area contributed by atoms with Crippen LogP contribution in [0.25, 0.3) is 0 Å². The van der Waals surface area contributed by atoms with Gasteiger partial charge in [-0.2, -0.15) is 0 Å². The fourth-order valence-electron chi connectivity index (χ4n) is 0.982. The van der Waals surface area contributed by atoms with E-state index in [9.17, 15) is 4.39 Å². The molecule has 0 bridgehead atoms. The van der Waals surface area contributed by atoms with E-state index < -0.39 is 5.82 Å². The molecule has 0 radical (unpaired) electrons. The van der Waals surface area contributed by atoms with Crippen molar-refractivity contribution >= 4 is 28.9 Å². The summed E-state index contributed by atoms with van der Waals surface area (Å²) >= 11 is 11.2. The molecule has 5 heteroatoms. The predicted molar refractivity (Wildman–Crippen MR) is 58.6 cm³/mol. The zero-order valence-electron chi connectivity index (χ0n) is 7.65. The topological polar surface area (TPSA) is 38.0 Å². The van der Waals surface area contributed by atoms with E-state index in [0.717, 1.165) is 0 Å². The van der Waals surface area contributed by atoms with Gasteiger partial charge in [0, 0.05) is 18.3 Å². The van der Waals surface area contributed by atoms with Gasteiger partial charge in [-0.05, 0) is 19.1 Å². The molecule has 14 heavy (non-hydrogen) atoms. The minimum absolute atomic E-state index is 0.00391. The van der Waals surface area contributed by atoms with Gasteiger partial charge in [0.2, 0.25) is 0 Å². The Kier molecular flexibility index (Phi) is 3.98. The monoisotopic (exact) mass is 236 g/mol. The predicted octanol–water partition coefficient (Wildman–Crippen LogP) is 2.89. The highest BCUT2D eigenvalue weighted by Crippen LogP contribution is 2.27. The van der Waals surface area contributed by atoms with E-state index in [1.165, 1.54) is 12.1 Å². The molecule has 0 aliphatic heterocycles. The molecule has 3 N–H and O–H groups in total. The first-order valence-electron chi connectivity index (χ1n) is 4.15. The number of halogens is 3. The number of rotatable bonds is 3. The van der Waals surface area contributed by atoms with Gasteiger partial charge in [0.05, 0.1) is 10.0 Å². The number of hydrogen-bond donors (Lipinski definition) is 2. The van der Waals surface area contributed by atoms with Crippen LogP contribution in [0.15, 0.2) is 12.1 Å². The fourth-order valence-corrected chi connectivity index (χ4v) is 1.47. The Bertz CT molecular complexity index is 308. The first kappa shape index (κ1) is 11.6. The maximum absolute atomic E-state index is 13.0. The van der Waals surface area contributed by atoms with Gasteiger partial charge in [0.15, 0.2) is 5.82 Å². The Hall–Kier alpha value is -0.510. The molecule has 0 aliphatic rings. The Morgan fingerprint density at radius 1 is 1.43 bits per heavy atom. The standard InChI is InChI=1S/C9H11Cl2FN2/c1-5(4-13)14-6-2-7(10)9(12)8(11)3-6/h2-3,5,14H,4,13H2,1H3. The lowest BCUT2D eigenvalue weighted by Crippen LogP contribution is -2.25. The molecule has 0 saturated heterocycles. The van der Waals surface area contributed by atoms with Gasteiger partial charge in [-0.1, -0.05) is 23.2 Å². The van der Waals surface area contributed by atoms with E-state index in [1.54, 1.807) is 0 Å². The summed E-state index contributed by atoms with van der Waals surface area (Å²) in [5.41, 5.74) is 6.09. The summed E-state index contributed by atoms with van der Waals surface area (Å²) in [5, 5.41) is 3.05. The lowest BCUT2D eigenvalue weighted by molar-refractivity contribution is 0.628. The molecule has 0 aromatic heterocycles. The van der Waals surface area contributed by atoms with Crippen LogP contribution in [0, 0.1) is 5.82 Å². The van der Waals surface area contributed by atoms with Crippen molar-refractivity contribution in [1.29, 1.82) is 0 Å². The van der Waals surface area contributed by atoms with Crippen molar-refractivity contribution in [3.8, 4) is 0 Å². The van der Waals surface area contributed by atoms with Crippen molar-refractivity contribution in [3.63, 3.8) is 0 Å². The first-order valence-corrected chi connectivity index (χ1v) is 4.91. The van der Waals surface area contributed by atoms with E-state index in [0.29, 0.717) is 12.2 Å². The molecule has 1 aromatic carbocycles. The number of hydrogen-bond acceptors (Lipinski definition) is 2. The lowest BCUT2D eigenvalue weighted by Gasteiger charge is -2.13. The Labute approximate surface area is 92.2 Å². The first-order chi connectivity index (χ1) is 6.54. The zero-order chi connectivity index (χ0) is 10.7. The van der Waals surface area contributed by atoms with E-state index in [-0.39, 0.29) is 16.1 Å². The molecule has 78 valence electrons. The van der Waals surface area contributed by atoms with Crippen LogP contribution in [0.5, 0.6) is 0 Å². The van der Waals surface area contributed by atoms with Crippen LogP contribution in [0.3, 0.4) is 0 Å². The van der Waals surface area contributed by atoms with E-state index in [1.807, 2.05) is 6.92 Å². The summed E-state index contributed by atoms with van der Waals surface area (Å²) in [7, 11) is 0. The quantitative estimate of drug-likeness (QED) is 0.793. The number of anilines is 1. The average molecular weight is 237 g/mol. The highest BCUT2D eigenvalue weighted by atomic mass is 35.5. The van der Waals surface area contributed by atoms with Crippen molar-refractivity contribution in [3.05, 3.63) is 28.0 Å². The third-order valence-corrected chi connectivity index (χ3v) is 2.30. The summed E-state index contributed by atoms with van der Waals surface area (Å²) < 4.78 is 13.0. The maximum atomic E-state index is 13.0. The number of nitrogens with two attached hydrogens (primary N) is 1. The second-order valence-corrected chi connectivity index (χ2v) is 3.85. The Balaban J connectivity index is 2.89. The smallest absolute Gasteiger partial charge is 0.160 e. The maximum Gasteiger partial charge on any atom is 0.160 e. The molecule has 0 aliphatic carbocycles. The molecule has 1 atom stereocenters. The minimum Gasteiger partial charge on any atom is -0.381 e. The van der Waals surface area contributed by atoms with E-state index in [4.69, 9.17) is 28.9 Å². The molecule has 0 saturated carbocycles. The number of nitrogens with one attached hydrogen (secondary N) is 1. The van der Waals surface area contributed by atoms with Crippen LogP contribution in [-0.2, 0) is 0 Å². The molecule has 0 heterocycles. The van der Waals surface area contributed by atoms with Gasteiger partial charge in [0.25, 0.3) is 0 Å². The average Bonchev–Trinajstić information content (AvgIpc) is 2.14. The van der Waals surface area contributed by atoms with E-state index >= 15 is 0 Å². The molecule has 1 aromatic rings. The van der Waals surface area contributed by atoms with Gasteiger partial charge in [-0.3, -0.25) is 0 Å². The second-order valence-electron chi connectivity index (χ2n) is 3.03. The summed E-state index contributed by atoms with van der Waals surface area (Å²) in [6, 6.07) is 3.05. The van der Waals surface area contributed by atoms with Crippen LogP contribution < -0.4 is 11.1 Å². The third-order valence-electron chi connectivity index (χ3n) is 1.75. The van der Waals surface area contributed by atoms with Gasteiger partial charge >= 0.3 is 0 Å². The molecule has 0 spiro atoms. The highest BCUT2D eigenvalue weighted by Gasteiger charge is 2.08. The van der Waals surface area contributed by atoms with Crippen molar-refractivity contribution in [1.82, 2.24) is 0 Å². The molecule has 0 amide bonds. The molecule has 1 rings (SSSR count). The van der Waals surface area contributed by atoms with Crippen LogP contribution in [0.1, 0.15) is 6.92 Å². The van der Waals surface area contributed by atoms with Crippen LogP contribution in [-0.4, -0.2) is 12.6 Å². The Morgan fingerprint density at radius 2 is 1.93 bits per heavy atom. The SMILES string of the molecule is CC(CN)Nc1cc(Cl)c(F)c(Cl)c1. The van der Waals surface area contributed by atoms with Crippen molar-refractivity contribution in [2.24, 2.45) is 5.73 Å². The fraction of sp³-hybridized carbons (Fsp3) is 0.333. The third kappa shape index (κ3) is 2.74. The van der Waals surface area contributed by atoms with Gasteiger partial charge in [-0.15, -0.1) is 0 Å². The molecule has 2 nitrogen and oxygen atoms in total. The highest BCUT2D eigenvalue weighted by molar-refractivity contribution is 6.35. The summed E-state index contributed by atoms with van der Waals surface area (Å²) in [5.74, 6) is -0.598. The van der Waals surface area contributed by atoms with Crippen molar-refractivity contribution in [2.45, 2.75) is 13.0 Å². The minimum atomic E-state index is -0.598. The van der Waals surface area contributed by atoms with Gasteiger partial charge < -0.3 is 11.1 Å². The molecular formula is C9H11Cl2FN2. The van der Waals surface area contributed by atoms with Crippen LogP contribution in [0.4, 0.5) is 10.1 Å². The van der Waals surface area contributed by atoms with Crippen LogP contribution in [0.2, 0.25) is 10.0 Å². The summed E-state index contributed by atoms with van der Waals surface area (Å²) in [4.78, 5) is 0. The van der Waals surface area contributed by atoms with E-state index in [2.05, 4.69) is 5.32 Å².